The molecule has 1 aromatic heterocycles. The topological polar surface area (TPSA) is 91.6 Å². The minimum Gasteiger partial charge on any atom is -0.334 e. The third kappa shape index (κ3) is 4.03. The maximum absolute atomic E-state index is 12.3. The van der Waals surface area contributed by atoms with Crippen LogP contribution in [0.2, 0.25) is 5.02 Å². The molecule has 0 saturated carbocycles. The highest BCUT2D eigenvalue weighted by Crippen LogP contribution is 2.31. The molecule has 1 N–H and O–H groups in total. The Morgan fingerprint density at radius 2 is 2.12 bits per heavy atom. The lowest BCUT2D eigenvalue weighted by Crippen LogP contribution is -2.44. The molecule has 144 valence electrons. The van der Waals surface area contributed by atoms with Crippen LogP contribution in [0.25, 0.3) is 11.5 Å². The molecule has 26 heavy (non-hydrogen) atoms. The van der Waals surface area contributed by atoms with E-state index in [4.69, 9.17) is 16.1 Å². The van der Waals surface area contributed by atoms with Gasteiger partial charge in [0.15, 0.2) is 5.82 Å². The number of nitrogens with one attached hydrogen (secondary N) is 1. The maximum Gasteiger partial charge on any atom is 0.259 e. The molecule has 3 rings (SSSR count). The van der Waals surface area contributed by atoms with E-state index >= 15 is 0 Å². The average Bonchev–Trinajstić information content (AvgIpc) is 3.05. The second kappa shape index (κ2) is 8.20. The average molecular weight is 422 g/mol. The van der Waals surface area contributed by atoms with Gasteiger partial charge in [0.05, 0.1) is 21.5 Å². The Hall–Kier alpha value is -1.23. The van der Waals surface area contributed by atoms with Gasteiger partial charge in [-0.2, -0.15) is 4.98 Å². The second-order valence-corrected chi connectivity index (χ2v) is 8.65. The van der Waals surface area contributed by atoms with Gasteiger partial charge < -0.3 is 9.84 Å². The number of piperazine rings is 1. The van der Waals surface area contributed by atoms with Crippen molar-refractivity contribution in [2.75, 3.05) is 40.8 Å². The first-order valence-corrected chi connectivity index (χ1v) is 9.59. The molecule has 2 heterocycles. The Bertz CT molecular complexity index is 872. The van der Waals surface area contributed by atoms with E-state index in [2.05, 4.69) is 20.4 Å². The normalized spacial score (nSPS) is 18.7. The van der Waals surface area contributed by atoms with E-state index in [1.807, 2.05) is 7.05 Å². The number of rotatable bonds is 4. The van der Waals surface area contributed by atoms with Crippen molar-refractivity contribution in [1.82, 2.24) is 24.7 Å². The van der Waals surface area contributed by atoms with E-state index in [-0.39, 0.29) is 29.2 Å². The number of benzene rings is 1. The van der Waals surface area contributed by atoms with Gasteiger partial charge in [-0.25, -0.2) is 12.7 Å². The fourth-order valence-electron chi connectivity index (χ4n) is 2.61. The zero-order valence-electron chi connectivity index (χ0n) is 14.6. The van der Waals surface area contributed by atoms with Gasteiger partial charge in [0, 0.05) is 33.7 Å². The monoisotopic (exact) mass is 421 g/mol. The number of likely N-dealkylation sites (N-methyl/N-ethyl adjacent to an activating group) is 1. The van der Waals surface area contributed by atoms with Crippen molar-refractivity contribution in [3.63, 3.8) is 0 Å². The quantitative estimate of drug-likeness (QED) is 0.801. The molecule has 1 aromatic carbocycles. The Labute approximate surface area is 164 Å². The van der Waals surface area contributed by atoms with Crippen LogP contribution >= 0.6 is 24.0 Å². The Morgan fingerprint density at radius 1 is 1.38 bits per heavy atom. The lowest BCUT2D eigenvalue weighted by molar-refractivity contribution is 0.190. The van der Waals surface area contributed by atoms with Crippen molar-refractivity contribution >= 4 is 34.0 Å². The molecule has 8 nitrogen and oxygen atoms in total. The van der Waals surface area contributed by atoms with Crippen LogP contribution in [-0.4, -0.2) is 68.5 Å². The van der Waals surface area contributed by atoms with Crippen molar-refractivity contribution < 1.29 is 12.9 Å². The number of halogens is 2. The Morgan fingerprint density at radius 3 is 2.77 bits per heavy atom. The predicted molar refractivity (Wildman–Crippen MR) is 101 cm³/mol. The van der Waals surface area contributed by atoms with Crippen LogP contribution in [0.1, 0.15) is 11.9 Å². The first-order chi connectivity index (χ1) is 11.8. The van der Waals surface area contributed by atoms with Gasteiger partial charge >= 0.3 is 0 Å². The molecule has 1 saturated heterocycles. The van der Waals surface area contributed by atoms with Crippen LogP contribution in [0.15, 0.2) is 27.6 Å². The molecule has 0 amide bonds. The van der Waals surface area contributed by atoms with E-state index in [0.717, 1.165) is 23.9 Å². The van der Waals surface area contributed by atoms with Gasteiger partial charge in [-0.1, -0.05) is 16.8 Å². The van der Waals surface area contributed by atoms with Crippen LogP contribution in [0.5, 0.6) is 0 Å². The summed E-state index contributed by atoms with van der Waals surface area (Å²) in [5.41, 5.74) is 0.398. The van der Waals surface area contributed by atoms with Crippen molar-refractivity contribution in [2.24, 2.45) is 0 Å². The lowest BCUT2D eigenvalue weighted by atomic mass is 10.2. The first-order valence-electron chi connectivity index (χ1n) is 7.77. The minimum absolute atomic E-state index is 0. The smallest absolute Gasteiger partial charge is 0.259 e. The molecule has 0 spiro atoms. The lowest BCUT2D eigenvalue weighted by Gasteiger charge is -2.30. The largest absolute Gasteiger partial charge is 0.334 e. The van der Waals surface area contributed by atoms with Gasteiger partial charge in [-0.3, -0.25) is 4.90 Å². The molecule has 11 heteroatoms. The van der Waals surface area contributed by atoms with Crippen LogP contribution in [-0.2, 0) is 10.0 Å². The summed E-state index contributed by atoms with van der Waals surface area (Å²) < 4.78 is 31.1. The molecule has 1 atom stereocenters. The van der Waals surface area contributed by atoms with Gasteiger partial charge in [0.1, 0.15) is 0 Å². The number of nitrogens with zero attached hydrogens (tertiary/aromatic N) is 4. The summed E-state index contributed by atoms with van der Waals surface area (Å²) in [5.74, 6) is 0.747. The standard InChI is InChI=1S/C15H20ClN5O3S.ClH/c1-20(2)25(22,23)10-4-5-12(16)11(8-10)15-18-14(19-24-15)13-9-17-6-7-21(13)3;/h4-5,8,13,17H,6-7,9H2,1-3H3;1H. The van der Waals surface area contributed by atoms with Gasteiger partial charge in [-0.15, -0.1) is 12.4 Å². The van der Waals surface area contributed by atoms with Crippen LogP contribution in [0, 0.1) is 0 Å². The van der Waals surface area contributed by atoms with E-state index in [1.165, 1.54) is 32.3 Å². The van der Waals surface area contributed by atoms with E-state index in [0.29, 0.717) is 16.4 Å². The number of hydrogen-bond donors (Lipinski definition) is 1. The van der Waals surface area contributed by atoms with Gasteiger partial charge in [0.25, 0.3) is 5.89 Å². The summed E-state index contributed by atoms with van der Waals surface area (Å²) in [6.07, 6.45) is 0. The van der Waals surface area contributed by atoms with Gasteiger partial charge in [0.2, 0.25) is 10.0 Å². The van der Waals surface area contributed by atoms with Crippen LogP contribution in [0.3, 0.4) is 0 Å². The second-order valence-electron chi connectivity index (χ2n) is 6.09. The molecule has 0 radical (unpaired) electrons. The molecule has 0 bridgehead atoms. The van der Waals surface area contributed by atoms with Crippen molar-refractivity contribution in [2.45, 2.75) is 10.9 Å². The third-order valence-electron chi connectivity index (χ3n) is 4.20. The van der Waals surface area contributed by atoms with Crippen molar-refractivity contribution in [3.8, 4) is 11.5 Å². The molecular formula is C15H21Cl2N5O3S. The zero-order valence-corrected chi connectivity index (χ0v) is 17.0. The summed E-state index contributed by atoms with van der Waals surface area (Å²) in [6, 6.07) is 4.43. The van der Waals surface area contributed by atoms with E-state index < -0.39 is 10.0 Å². The summed E-state index contributed by atoms with van der Waals surface area (Å²) in [5, 5.41) is 7.69. The Balaban J connectivity index is 0.00000243. The highest BCUT2D eigenvalue weighted by atomic mass is 35.5. The fraction of sp³-hybridized carbons (Fsp3) is 0.467. The summed E-state index contributed by atoms with van der Waals surface area (Å²) >= 11 is 6.23. The summed E-state index contributed by atoms with van der Waals surface area (Å²) in [6.45, 7) is 2.51. The number of hydrogen-bond acceptors (Lipinski definition) is 7. The molecule has 1 unspecified atom stereocenters. The minimum atomic E-state index is -3.58. The molecule has 1 aliphatic rings. The molecular weight excluding hydrogens is 401 g/mol. The number of aromatic nitrogens is 2. The molecule has 0 aliphatic carbocycles. The van der Waals surface area contributed by atoms with E-state index in [9.17, 15) is 8.42 Å². The number of sulfonamides is 1. The van der Waals surface area contributed by atoms with Crippen LogP contribution in [0.4, 0.5) is 0 Å². The zero-order chi connectivity index (χ0) is 18.2. The van der Waals surface area contributed by atoms with Crippen LogP contribution < -0.4 is 5.32 Å². The predicted octanol–water partition coefficient (Wildman–Crippen LogP) is 1.64. The first kappa shape index (κ1) is 21.1. The third-order valence-corrected chi connectivity index (χ3v) is 6.34. The molecule has 1 fully saturated rings. The SMILES string of the molecule is CN1CCNCC1c1noc(-c2cc(S(=O)(=O)N(C)C)ccc2Cl)n1.Cl. The van der Waals surface area contributed by atoms with Crippen molar-refractivity contribution in [1.29, 1.82) is 0 Å². The van der Waals surface area contributed by atoms with E-state index in [1.54, 1.807) is 0 Å². The van der Waals surface area contributed by atoms with Crippen molar-refractivity contribution in [3.05, 3.63) is 29.0 Å². The molecule has 1 aliphatic heterocycles. The molecule has 2 aromatic rings. The highest BCUT2D eigenvalue weighted by molar-refractivity contribution is 7.89. The maximum atomic E-state index is 12.3. The summed E-state index contributed by atoms with van der Waals surface area (Å²) in [7, 11) is 1.36. The summed E-state index contributed by atoms with van der Waals surface area (Å²) in [4.78, 5) is 6.69. The highest BCUT2D eigenvalue weighted by Gasteiger charge is 2.27. The Kier molecular flexibility index (Phi) is 6.65. The van der Waals surface area contributed by atoms with Gasteiger partial charge in [-0.05, 0) is 25.2 Å². The fourth-order valence-corrected chi connectivity index (χ4v) is 3.74.